The third-order valence-electron chi connectivity index (χ3n) is 5.01. The number of amides is 3. The Morgan fingerprint density at radius 2 is 1.77 bits per heavy atom. The summed E-state index contributed by atoms with van der Waals surface area (Å²) < 4.78 is 0. The van der Waals surface area contributed by atoms with Crippen LogP contribution in [-0.2, 0) is 11.2 Å². The van der Waals surface area contributed by atoms with Crippen LogP contribution in [-0.4, -0.2) is 47.1 Å². The van der Waals surface area contributed by atoms with Crippen LogP contribution < -0.4 is 10.6 Å². The van der Waals surface area contributed by atoms with E-state index in [0.717, 1.165) is 38.8 Å². The fourth-order valence-electron chi connectivity index (χ4n) is 3.34. The van der Waals surface area contributed by atoms with E-state index in [1.165, 1.54) is 5.56 Å². The number of imide groups is 1. The number of aryl methyl sites for hydroxylation is 1. The van der Waals surface area contributed by atoms with Crippen molar-refractivity contribution in [3.8, 4) is 5.75 Å². The zero-order valence-electron chi connectivity index (χ0n) is 16.0. The van der Waals surface area contributed by atoms with Crippen LogP contribution in [0.15, 0.2) is 24.3 Å². The van der Waals surface area contributed by atoms with E-state index in [1.54, 1.807) is 12.1 Å². The Hall–Kier alpha value is -2.08. The van der Waals surface area contributed by atoms with Crippen LogP contribution in [0.2, 0.25) is 0 Å². The Morgan fingerprint density at radius 1 is 1.15 bits per heavy atom. The van der Waals surface area contributed by atoms with Gasteiger partial charge in [-0.3, -0.25) is 15.0 Å². The number of hydrogen-bond acceptors (Lipinski definition) is 4. The van der Waals surface area contributed by atoms with Gasteiger partial charge < -0.3 is 10.4 Å². The lowest BCUT2D eigenvalue weighted by Crippen LogP contribution is -2.52. The van der Waals surface area contributed by atoms with Gasteiger partial charge in [0.2, 0.25) is 5.91 Å². The summed E-state index contributed by atoms with van der Waals surface area (Å²) in [5.74, 6) is 0.710. The molecule has 0 aromatic heterocycles. The number of carbonyl (C=O) groups excluding carboxylic acids is 2. The average molecular weight is 361 g/mol. The average Bonchev–Trinajstić information content (AvgIpc) is 2.60. The fraction of sp³-hybridized carbons (Fsp3) is 0.600. The maximum Gasteiger partial charge on any atom is 0.321 e. The molecule has 1 aliphatic rings. The molecule has 3 N–H and O–H groups in total. The SMILES string of the molecule is CC(C)NC(=O)NC(=O)[C@H](C)N1CCC(CCc2ccc(O)cc2)CC1. The van der Waals surface area contributed by atoms with E-state index < -0.39 is 6.03 Å². The van der Waals surface area contributed by atoms with Crippen molar-refractivity contribution in [1.82, 2.24) is 15.5 Å². The normalized spacial score (nSPS) is 17.1. The number of benzene rings is 1. The lowest BCUT2D eigenvalue weighted by Gasteiger charge is -2.35. The zero-order valence-corrected chi connectivity index (χ0v) is 16.0. The monoisotopic (exact) mass is 361 g/mol. The molecule has 0 spiro atoms. The molecule has 0 unspecified atom stereocenters. The smallest absolute Gasteiger partial charge is 0.321 e. The van der Waals surface area contributed by atoms with Gasteiger partial charge >= 0.3 is 6.03 Å². The fourth-order valence-corrected chi connectivity index (χ4v) is 3.34. The molecule has 1 fully saturated rings. The molecular formula is C20H31N3O3. The van der Waals surface area contributed by atoms with Gasteiger partial charge in [0.25, 0.3) is 0 Å². The number of urea groups is 1. The molecule has 0 saturated carbocycles. The molecule has 26 heavy (non-hydrogen) atoms. The van der Waals surface area contributed by atoms with Gasteiger partial charge in [0.15, 0.2) is 0 Å². The number of aromatic hydroxyl groups is 1. The number of rotatable bonds is 6. The Bertz CT molecular complexity index is 593. The predicted molar refractivity (Wildman–Crippen MR) is 102 cm³/mol. The first-order valence-corrected chi connectivity index (χ1v) is 9.48. The van der Waals surface area contributed by atoms with Crippen molar-refractivity contribution >= 4 is 11.9 Å². The van der Waals surface area contributed by atoms with Crippen LogP contribution in [0, 0.1) is 5.92 Å². The molecule has 1 atom stereocenters. The van der Waals surface area contributed by atoms with Gasteiger partial charge in [0.1, 0.15) is 5.75 Å². The molecule has 144 valence electrons. The van der Waals surface area contributed by atoms with E-state index in [9.17, 15) is 14.7 Å². The quantitative estimate of drug-likeness (QED) is 0.728. The van der Waals surface area contributed by atoms with E-state index in [4.69, 9.17) is 0 Å². The number of nitrogens with zero attached hydrogens (tertiary/aromatic N) is 1. The van der Waals surface area contributed by atoms with Crippen molar-refractivity contribution in [3.05, 3.63) is 29.8 Å². The summed E-state index contributed by atoms with van der Waals surface area (Å²) in [7, 11) is 0. The van der Waals surface area contributed by atoms with Gasteiger partial charge in [-0.1, -0.05) is 12.1 Å². The molecule has 1 aromatic rings. The first kappa shape index (κ1) is 20.2. The summed E-state index contributed by atoms with van der Waals surface area (Å²) in [6.07, 6.45) is 4.26. The van der Waals surface area contributed by atoms with Gasteiger partial charge in [0, 0.05) is 6.04 Å². The summed E-state index contributed by atoms with van der Waals surface area (Å²) in [6.45, 7) is 7.32. The number of piperidine rings is 1. The van der Waals surface area contributed by atoms with Crippen molar-refractivity contribution < 1.29 is 14.7 Å². The van der Waals surface area contributed by atoms with Crippen molar-refractivity contribution in [3.63, 3.8) is 0 Å². The lowest BCUT2D eigenvalue weighted by molar-refractivity contribution is -0.125. The first-order chi connectivity index (χ1) is 12.3. The Balaban J connectivity index is 1.72. The van der Waals surface area contributed by atoms with Gasteiger partial charge in [-0.05, 0) is 83.2 Å². The molecule has 6 nitrogen and oxygen atoms in total. The van der Waals surface area contributed by atoms with Crippen LogP contribution in [0.1, 0.15) is 45.6 Å². The molecular weight excluding hydrogens is 330 g/mol. The summed E-state index contributed by atoms with van der Waals surface area (Å²) in [5.41, 5.74) is 1.24. The maximum absolute atomic E-state index is 12.2. The largest absolute Gasteiger partial charge is 0.508 e. The van der Waals surface area contributed by atoms with E-state index in [2.05, 4.69) is 15.5 Å². The highest BCUT2D eigenvalue weighted by Gasteiger charge is 2.27. The first-order valence-electron chi connectivity index (χ1n) is 9.48. The van der Waals surface area contributed by atoms with Gasteiger partial charge in [-0.25, -0.2) is 4.79 Å². The number of carbonyl (C=O) groups is 2. The second-order valence-electron chi connectivity index (χ2n) is 7.48. The van der Waals surface area contributed by atoms with E-state index in [1.807, 2.05) is 32.9 Å². The molecule has 1 aromatic carbocycles. The van der Waals surface area contributed by atoms with Crippen LogP contribution in [0.5, 0.6) is 5.75 Å². The standard InChI is InChI=1S/C20H31N3O3/c1-14(2)21-20(26)22-19(25)15(3)23-12-10-17(11-13-23)5-4-16-6-8-18(24)9-7-16/h6-9,14-15,17,24H,4-5,10-13H2,1-3H3,(H2,21,22,25,26)/t15-/m0/s1. The topological polar surface area (TPSA) is 81.7 Å². The number of hydrogen-bond donors (Lipinski definition) is 3. The Morgan fingerprint density at radius 3 is 2.35 bits per heavy atom. The van der Waals surface area contributed by atoms with Gasteiger partial charge in [-0.2, -0.15) is 0 Å². The highest BCUT2D eigenvalue weighted by molar-refractivity contribution is 5.96. The highest BCUT2D eigenvalue weighted by atomic mass is 16.3. The van der Waals surface area contributed by atoms with Crippen molar-refractivity contribution in [2.75, 3.05) is 13.1 Å². The summed E-state index contributed by atoms with van der Waals surface area (Å²) >= 11 is 0. The second kappa shape index (κ2) is 9.57. The number of phenolic OH excluding ortho intramolecular Hbond substituents is 1. The molecule has 1 heterocycles. The molecule has 3 amide bonds. The zero-order chi connectivity index (χ0) is 19.1. The number of phenols is 1. The minimum Gasteiger partial charge on any atom is -0.508 e. The van der Waals surface area contributed by atoms with Crippen LogP contribution in [0.3, 0.4) is 0 Å². The number of likely N-dealkylation sites (tertiary alicyclic amines) is 1. The third kappa shape index (κ3) is 6.33. The molecule has 1 saturated heterocycles. The summed E-state index contributed by atoms with van der Waals surface area (Å²) in [5, 5.41) is 14.4. The minimum atomic E-state index is -0.430. The summed E-state index contributed by atoms with van der Waals surface area (Å²) in [6, 6.07) is 6.67. The molecule has 1 aliphatic heterocycles. The molecule has 0 radical (unpaired) electrons. The highest BCUT2D eigenvalue weighted by Crippen LogP contribution is 2.24. The molecule has 0 bridgehead atoms. The van der Waals surface area contributed by atoms with Crippen molar-refractivity contribution in [2.45, 2.75) is 58.5 Å². The van der Waals surface area contributed by atoms with Gasteiger partial charge in [0.05, 0.1) is 6.04 Å². The molecule has 2 rings (SSSR count). The Labute approximate surface area is 156 Å². The van der Waals surface area contributed by atoms with Crippen molar-refractivity contribution in [2.24, 2.45) is 5.92 Å². The minimum absolute atomic E-state index is 0.00225. The third-order valence-corrected chi connectivity index (χ3v) is 5.01. The van der Waals surface area contributed by atoms with Gasteiger partial charge in [-0.15, -0.1) is 0 Å². The van der Waals surface area contributed by atoms with Crippen LogP contribution >= 0.6 is 0 Å². The van der Waals surface area contributed by atoms with Crippen molar-refractivity contribution in [1.29, 1.82) is 0 Å². The van der Waals surface area contributed by atoms with E-state index in [-0.39, 0.29) is 18.0 Å². The number of nitrogens with one attached hydrogen (secondary N) is 2. The van der Waals surface area contributed by atoms with Crippen LogP contribution in [0.25, 0.3) is 0 Å². The van der Waals surface area contributed by atoms with Crippen LogP contribution in [0.4, 0.5) is 4.79 Å². The molecule has 0 aliphatic carbocycles. The Kier molecular flexibility index (Phi) is 7.45. The summed E-state index contributed by atoms with van der Waals surface area (Å²) in [4.78, 5) is 26.0. The predicted octanol–water partition coefficient (Wildman–Crippen LogP) is 2.66. The lowest BCUT2D eigenvalue weighted by atomic mass is 9.90. The molecule has 6 heteroatoms. The second-order valence-corrected chi connectivity index (χ2v) is 7.48. The van der Waals surface area contributed by atoms with E-state index in [0.29, 0.717) is 11.7 Å². The van der Waals surface area contributed by atoms with E-state index >= 15 is 0 Å². The maximum atomic E-state index is 12.2.